The summed E-state index contributed by atoms with van der Waals surface area (Å²) in [7, 11) is 3.55. The molecule has 0 aromatic rings. The maximum absolute atomic E-state index is 11.4. The molecular weight excluding hydrogens is 230 g/mol. The van der Waals surface area contributed by atoms with E-state index < -0.39 is 5.54 Å². The predicted molar refractivity (Wildman–Crippen MR) is 72.4 cm³/mol. The standard InChI is InChI=1S/C13H27N3O2/c1-13(14,12(17)18-3)6-4-8-16-9-5-7-15(2)10-11-16/h4-11,14H2,1-3H3. The van der Waals surface area contributed by atoms with Crippen molar-refractivity contribution in [2.75, 3.05) is 46.9 Å². The van der Waals surface area contributed by atoms with Crippen LogP contribution in [0.2, 0.25) is 0 Å². The van der Waals surface area contributed by atoms with Gasteiger partial charge in [0.25, 0.3) is 0 Å². The number of carbonyl (C=O) groups is 1. The third-order valence-electron chi connectivity index (χ3n) is 3.63. The molecule has 5 heteroatoms. The van der Waals surface area contributed by atoms with Crippen molar-refractivity contribution in [3.63, 3.8) is 0 Å². The summed E-state index contributed by atoms with van der Waals surface area (Å²) in [4.78, 5) is 16.3. The Bertz CT molecular complexity index is 269. The van der Waals surface area contributed by atoms with Gasteiger partial charge in [0.15, 0.2) is 0 Å². The van der Waals surface area contributed by atoms with Gasteiger partial charge in [-0.25, -0.2) is 0 Å². The van der Waals surface area contributed by atoms with Gasteiger partial charge in [0.2, 0.25) is 0 Å². The third kappa shape index (κ3) is 4.92. The summed E-state index contributed by atoms with van der Waals surface area (Å²) in [5.41, 5.74) is 5.09. The molecule has 0 amide bonds. The van der Waals surface area contributed by atoms with E-state index in [2.05, 4.69) is 16.8 Å². The van der Waals surface area contributed by atoms with Crippen LogP contribution < -0.4 is 5.73 Å². The van der Waals surface area contributed by atoms with Gasteiger partial charge < -0.3 is 20.3 Å². The average Bonchev–Trinajstić information content (AvgIpc) is 2.53. The lowest BCUT2D eigenvalue weighted by atomic mass is 9.97. The third-order valence-corrected chi connectivity index (χ3v) is 3.63. The normalized spacial score (nSPS) is 22.2. The molecule has 1 atom stereocenters. The quantitative estimate of drug-likeness (QED) is 0.718. The number of methoxy groups -OCH3 is 1. The second kappa shape index (κ2) is 7.07. The highest BCUT2D eigenvalue weighted by Gasteiger charge is 2.28. The van der Waals surface area contributed by atoms with Crippen molar-refractivity contribution >= 4 is 5.97 Å². The Balaban J connectivity index is 2.26. The molecule has 1 fully saturated rings. The van der Waals surface area contributed by atoms with Gasteiger partial charge in [-0.15, -0.1) is 0 Å². The number of hydrogen-bond acceptors (Lipinski definition) is 5. The van der Waals surface area contributed by atoms with Gasteiger partial charge in [-0.1, -0.05) is 0 Å². The Morgan fingerprint density at radius 3 is 2.72 bits per heavy atom. The molecule has 0 radical (unpaired) electrons. The monoisotopic (exact) mass is 257 g/mol. The number of ether oxygens (including phenoxy) is 1. The number of nitrogens with zero attached hydrogens (tertiary/aromatic N) is 2. The van der Waals surface area contributed by atoms with Gasteiger partial charge in [-0.05, 0) is 52.9 Å². The molecule has 1 saturated heterocycles. The van der Waals surface area contributed by atoms with Crippen LogP contribution in [0.25, 0.3) is 0 Å². The molecule has 1 rings (SSSR count). The van der Waals surface area contributed by atoms with Crippen LogP contribution in [-0.2, 0) is 9.53 Å². The summed E-state index contributed by atoms with van der Waals surface area (Å²) >= 11 is 0. The fourth-order valence-corrected chi connectivity index (χ4v) is 2.33. The highest BCUT2D eigenvalue weighted by molar-refractivity contribution is 5.79. The molecule has 1 unspecified atom stereocenters. The van der Waals surface area contributed by atoms with Crippen molar-refractivity contribution < 1.29 is 9.53 Å². The van der Waals surface area contributed by atoms with Gasteiger partial charge >= 0.3 is 5.97 Å². The van der Waals surface area contributed by atoms with Gasteiger partial charge in [-0.3, -0.25) is 4.79 Å². The molecule has 0 aromatic heterocycles. The van der Waals surface area contributed by atoms with Crippen molar-refractivity contribution in [3.05, 3.63) is 0 Å². The predicted octanol–water partition coefficient (Wildman–Crippen LogP) is 0.295. The summed E-state index contributed by atoms with van der Waals surface area (Å²) in [6.07, 6.45) is 2.82. The van der Waals surface area contributed by atoms with E-state index in [1.807, 2.05) is 0 Å². The zero-order valence-electron chi connectivity index (χ0n) is 11.9. The first-order valence-corrected chi connectivity index (χ1v) is 6.74. The Kier molecular flexibility index (Phi) is 6.05. The van der Waals surface area contributed by atoms with Crippen LogP contribution in [0.4, 0.5) is 0 Å². The van der Waals surface area contributed by atoms with E-state index in [-0.39, 0.29) is 5.97 Å². The molecule has 2 N–H and O–H groups in total. The summed E-state index contributed by atoms with van der Waals surface area (Å²) in [5, 5.41) is 0. The van der Waals surface area contributed by atoms with Crippen molar-refractivity contribution in [2.45, 2.75) is 31.7 Å². The first-order chi connectivity index (χ1) is 8.45. The van der Waals surface area contributed by atoms with Crippen molar-refractivity contribution in [2.24, 2.45) is 5.73 Å². The molecule has 18 heavy (non-hydrogen) atoms. The molecule has 1 aliphatic rings. The number of esters is 1. The van der Waals surface area contributed by atoms with Crippen LogP contribution in [-0.4, -0.2) is 68.2 Å². The minimum Gasteiger partial charge on any atom is -0.468 e. The highest BCUT2D eigenvalue weighted by atomic mass is 16.5. The molecule has 0 bridgehead atoms. The van der Waals surface area contributed by atoms with Crippen LogP contribution in [0.15, 0.2) is 0 Å². The minimum absolute atomic E-state index is 0.321. The van der Waals surface area contributed by atoms with Gasteiger partial charge in [0.05, 0.1) is 7.11 Å². The van der Waals surface area contributed by atoms with E-state index in [0.29, 0.717) is 6.42 Å². The van der Waals surface area contributed by atoms with Gasteiger partial charge in [-0.2, -0.15) is 0 Å². The van der Waals surface area contributed by atoms with Crippen LogP contribution in [0.3, 0.4) is 0 Å². The van der Waals surface area contributed by atoms with E-state index >= 15 is 0 Å². The zero-order chi connectivity index (χ0) is 13.6. The first kappa shape index (κ1) is 15.4. The molecule has 5 nitrogen and oxygen atoms in total. The fourth-order valence-electron chi connectivity index (χ4n) is 2.33. The van der Waals surface area contributed by atoms with Crippen LogP contribution in [0.1, 0.15) is 26.2 Å². The van der Waals surface area contributed by atoms with Gasteiger partial charge in [0, 0.05) is 13.1 Å². The molecular formula is C13H27N3O2. The second-order valence-electron chi connectivity index (χ2n) is 5.51. The molecule has 106 valence electrons. The smallest absolute Gasteiger partial charge is 0.325 e. The topological polar surface area (TPSA) is 58.8 Å². The summed E-state index contributed by atoms with van der Waals surface area (Å²) < 4.78 is 4.71. The van der Waals surface area contributed by atoms with E-state index in [1.165, 1.54) is 20.1 Å². The summed E-state index contributed by atoms with van der Waals surface area (Å²) in [6.45, 7) is 7.30. The Labute approximate surface area is 110 Å². The number of rotatable bonds is 5. The van der Waals surface area contributed by atoms with Crippen molar-refractivity contribution in [1.82, 2.24) is 9.80 Å². The summed E-state index contributed by atoms with van der Waals surface area (Å²) in [5.74, 6) is -0.321. The van der Waals surface area contributed by atoms with Crippen molar-refractivity contribution in [1.29, 1.82) is 0 Å². The number of nitrogens with two attached hydrogens (primary N) is 1. The van der Waals surface area contributed by atoms with E-state index in [9.17, 15) is 4.79 Å². The Hall–Kier alpha value is -0.650. The Morgan fingerprint density at radius 2 is 2.06 bits per heavy atom. The molecule has 0 spiro atoms. The van der Waals surface area contributed by atoms with Gasteiger partial charge in [0.1, 0.15) is 5.54 Å². The Morgan fingerprint density at radius 1 is 1.33 bits per heavy atom. The maximum atomic E-state index is 11.4. The van der Waals surface area contributed by atoms with Crippen LogP contribution >= 0.6 is 0 Å². The molecule has 1 aliphatic heterocycles. The van der Waals surface area contributed by atoms with Crippen LogP contribution in [0, 0.1) is 0 Å². The lowest BCUT2D eigenvalue weighted by molar-refractivity contribution is -0.146. The number of likely N-dealkylation sites (N-methyl/N-ethyl adjacent to an activating group) is 1. The van der Waals surface area contributed by atoms with E-state index in [0.717, 1.165) is 32.6 Å². The molecule has 0 aliphatic carbocycles. The zero-order valence-corrected chi connectivity index (χ0v) is 11.9. The van der Waals surface area contributed by atoms with Crippen LogP contribution in [0.5, 0.6) is 0 Å². The average molecular weight is 257 g/mol. The van der Waals surface area contributed by atoms with E-state index in [4.69, 9.17) is 10.5 Å². The summed E-state index contributed by atoms with van der Waals surface area (Å²) in [6, 6.07) is 0. The lowest BCUT2D eigenvalue weighted by Crippen LogP contribution is -2.46. The first-order valence-electron chi connectivity index (χ1n) is 6.74. The molecule has 0 aromatic carbocycles. The number of carbonyl (C=O) groups excluding carboxylic acids is 1. The maximum Gasteiger partial charge on any atom is 0.325 e. The highest BCUT2D eigenvalue weighted by Crippen LogP contribution is 2.12. The minimum atomic E-state index is -0.850. The molecule has 0 saturated carbocycles. The largest absolute Gasteiger partial charge is 0.468 e. The SMILES string of the molecule is COC(=O)C(C)(N)CCCN1CCCN(C)CC1. The van der Waals surface area contributed by atoms with Crippen molar-refractivity contribution in [3.8, 4) is 0 Å². The number of hydrogen-bond donors (Lipinski definition) is 1. The molecule has 1 heterocycles. The van der Waals surface area contributed by atoms with E-state index in [1.54, 1.807) is 6.92 Å². The second-order valence-corrected chi connectivity index (χ2v) is 5.51. The lowest BCUT2D eigenvalue weighted by Gasteiger charge is -2.24. The fraction of sp³-hybridized carbons (Fsp3) is 0.923.